The first-order valence-corrected chi connectivity index (χ1v) is 22.2. The average Bonchev–Trinajstić information content (AvgIpc) is 4.02. The van der Waals surface area contributed by atoms with Crippen LogP contribution in [0.25, 0.3) is 0 Å². The first kappa shape index (κ1) is 37.8. The average molecular weight is 674 g/mol. The molecule has 3 N–H and O–H groups in total. The Morgan fingerprint density at radius 1 is 0.959 bits per heavy atom. The Morgan fingerprint density at radius 2 is 1.73 bits per heavy atom. The van der Waals surface area contributed by atoms with E-state index in [-0.39, 0.29) is 0 Å². The highest BCUT2D eigenvalue weighted by Crippen LogP contribution is 2.78. The van der Waals surface area contributed by atoms with Crippen molar-refractivity contribution in [2.75, 3.05) is 13.1 Å². The molecule has 0 aromatic carbocycles. The van der Waals surface area contributed by atoms with Crippen molar-refractivity contribution in [3.63, 3.8) is 0 Å². The molecule has 278 valence electrons. The molecule has 0 aromatic rings. The number of nitrogens with one attached hydrogen (secondary N) is 1. The summed E-state index contributed by atoms with van der Waals surface area (Å²) < 4.78 is 0. The molecule has 3 nitrogen and oxygen atoms in total. The molecule has 1 heterocycles. The maximum atomic E-state index is 6.36. The van der Waals surface area contributed by atoms with Crippen LogP contribution in [0.5, 0.6) is 0 Å². The molecular weight excluding hydrogens is 595 g/mol. The first-order chi connectivity index (χ1) is 23.9. The lowest BCUT2D eigenvalue weighted by molar-refractivity contribution is 0.218. The third kappa shape index (κ3) is 9.94. The molecule has 6 aliphatic rings. The van der Waals surface area contributed by atoms with Gasteiger partial charge in [-0.3, -0.25) is 4.99 Å². The smallest absolute Gasteiger partial charge is 0.0478 e. The molecule has 0 spiro atoms. The molecule has 4 saturated carbocycles. The Hall–Kier alpha value is -0.930. The van der Waals surface area contributed by atoms with E-state index < -0.39 is 0 Å². The maximum Gasteiger partial charge on any atom is 0.0478 e. The summed E-state index contributed by atoms with van der Waals surface area (Å²) in [6.45, 7) is 14.5. The summed E-state index contributed by atoms with van der Waals surface area (Å²) >= 11 is 0. The molecule has 0 radical (unpaired) electrons. The molecular formula is C46H79N3. The van der Waals surface area contributed by atoms with Crippen LogP contribution in [0.15, 0.2) is 28.3 Å². The van der Waals surface area contributed by atoms with E-state index in [1.54, 1.807) is 5.57 Å². The summed E-state index contributed by atoms with van der Waals surface area (Å²) in [7, 11) is 0. The molecule has 10 unspecified atom stereocenters. The number of nitrogens with two attached hydrogens (primary N) is 1. The van der Waals surface area contributed by atoms with E-state index in [4.69, 9.17) is 5.73 Å². The lowest BCUT2D eigenvalue weighted by Crippen LogP contribution is -2.39. The SMILES string of the molecule is CC/C(C)=C\C(CC)C1C2C([C@H](CCC(C)C3CC=C(C4CCC(CCCCC(N)C5C=NC5)CC4)CC3)CNC3CCCCCC3C)[C@@H]12. The Kier molecular flexibility index (Phi) is 14.1. The fourth-order valence-electron chi connectivity index (χ4n) is 11.6. The van der Waals surface area contributed by atoms with E-state index in [1.165, 1.54) is 135 Å². The molecule has 6 rings (SSSR count). The fourth-order valence-corrected chi connectivity index (χ4v) is 11.6. The van der Waals surface area contributed by atoms with Crippen LogP contribution in [0, 0.1) is 71.0 Å². The summed E-state index contributed by atoms with van der Waals surface area (Å²) in [5.41, 5.74) is 9.83. The van der Waals surface area contributed by atoms with Crippen LogP contribution >= 0.6 is 0 Å². The van der Waals surface area contributed by atoms with Crippen LogP contribution < -0.4 is 11.1 Å². The minimum Gasteiger partial charge on any atom is -0.327 e. The van der Waals surface area contributed by atoms with Gasteiger partial charge in [0.2, 0.25) is 0 Å². The van der Waals surface area contributed by atoms with E-state index in [0.29, 0.717) is 12.0 Å². The van der Waals surface area contributed by atoms with Crippen molar-refractivity contribution in [3.05, 3.63) is 23.3 Å². The van der Waals surface area contributed by atoms with Gasteiger partial charge in [0.1, 0.15) is 0 Å². The van der Waals surface area contributed by atoms with Crippen molar-refractivity contribution >= 4 is 6.21 Å². The predicted octanol–water partition coefficient (Wildman–Crippen LogP) is 11.6. The van der Waals surface area contributed by atoms with E-state index in [2.05, 4.69) is 63.3 Å². The molecule has 49 heavy (non-hydrogen) atoms. The number of rotatable bonds is 19. The van der Waals surface area contributed by atoms with Gasteiger partial charge in [-0.15, -0.1) is 0 Å². The normalized spacial score (nSPS) is 38.4. The number of unbranched alkanes of at least 4 members (excludes halogenated alkanes) is 1. The van der Waals surface area contributed by atoms with Crippen molar-refractivity contribution in [1.29, 1.82) is 0 Å². The van der Waals surface area contributed by atoms with Crippen molar-refractivity contribution in [2.45, 2.75) is 175 Å². The highest BCUT2D eigenvalue weighted by atomic mass is 14.9. The highest BCUT2D eigenvalue weighted by Gasteiger charge is 2.75. The van der Waals surface area contributed by atoms with Gasteiger partial charge in [0, 0.05) is 30.8 Å². The molecule has 0 saturated heterocycles. The molecule has 1 aliphatic heterocycles. The third-order valence-electron chi connectivity index (χ3n) is 15.7. The second-order valence-corrected chi connectivity index (χ2v) is 18.9. The Bertz CT molecular complexity index is 1090. The van der Waals surface area contributed by atoms with Crippen LogP contribution in [0.1, 0.15) is 163 Å². The Labute approximate surface area is 304 Å². The first-order valence-electron chi connectivity index (χ1n) is 22.2. The van der Waals surface area contributed by atoms with E-state index in [1.807, 2.05) is 5.57 Å². The van der Waals surface area contributed by atoms with Crippen LogP contribution in [0.3, 0.4) is 0 Å². The number of hydrogen-bond acceptors (Lipinski definition) is 3. The largest absolute Gasteiger partial charge is 0.327 e. The highest BCUT2D eigenvalue weighted by molar-refractivity contribution is 5.67. The number of aliphatic imine (C=N–C) groups is 1. The van der Waals surface area contributed by atoms with Gasteiger partial charge in [-0.1, -0.05) is 95.9 Å². The second-order valence-electron chi connectivity index (χ2n) is 18.9. The van der Waals surface area contributed by atoms with Gasteiger partial charge < -0.3 is 11.1 Å². The van der Waals surface area contributed by atoms with Crippen molar-refractivity contribution in [2.24, 2.45) is 81.7 Å². The van der Waals surface area contributed by atoms with Crippen molar-refractivity contribution < 1.29 is 0 Å². The predicted molar refractivity (Wildman–Crippen MR) is 212 cm³/mol. The monoisotopic (exact) mass is 674 g/mol. The third-order valence-corrected chi connectivity index (χ3v) is 15.7. The molecule has 4 fully saturated rings. The maximum absolute atomic E-state index is 6.36. The summed E-state index contributed by atoms with van der Waals surface area (Å²) in [5, 5.41) is 4.22. The zero-order valence-corrected chi connectivity index (χ0v) is 32.9. The van der Waals surface area contributed by atoms with Gasteiger partial charge >= 0.3 is 0 Å². The van der Waals surface area contributed by atoms with Crippen molar-refractivity contribution in [1.82, 2.24) is 5.32 Å². The minimum atomic E-state index is 0.351. The van der Waals surface area contributed by atoms with Crippen LogP contribution in [0.4, 0.5) is 0 Å². The summed E-state index contributed by atoms with van der Waals surface area (Å²) in [6.07, 6.45) is 35.5. The van der Waals surface area contributed by atoms with Gasteiger partial charge in [-0.05, 0) is 162 Å². The van der Waals surface area contributed by atoms with E-state index in [0.717, 1.165) is 77.7 Å². The lowest BCUT2D eigenvalue weighted by atomic mass is 9.71. The summed E-state index contributed by atoms with van der Waals surface area (Å²) in [5.74, 6) is 11.0. The zero-order valence-electron chi connectivity index (χ0n) is 32.9. The van der Waals surface area contributed by atoms with Crippen molar-refractivity contribution in [3.8, 4) is 0 Å². The van der Waals surface area contributed by atoms with E-state index in [9.17, 15) is 0 Å². The number of fused-ring (bicyclic) bond motifs is 1. The van der Waals surface area contributed by atoms with Gasteiger partial charge in [0.25, 0.3) is 0 Å². The zero-order chi connectivity index (χ0) is 34.3. The van der Waals surface area contributed by atoms with Gasteiger partial charge in [-0.25, -0.2) is 0 Å². The van der Waals surface area contributed by atoms with Crippen LogP contribution in [-0.2, 0) is 0 Å². The molecule has 5 aliphatic carbocycles. The van der Waals surface area contributed by atoms with E-state index >= 15 is 0 Å². The Morgan fingerprint density at radius 3 is 2.41 bits per heavy atom. The van der Waals surface area contributed by atoms with Gasteiger partial charge in [-0.2, -0.15) is 0 Å². The fraction of sp³-hybridized carbons (Fsp3) is 0.891. The van der Waals surface area contributed by atoms with Crippen LogP contribution in [0.2, 0.25) is 0 Å². The standard InChI is InChI=1S/C46H79N3/c1-6-31(3)27-35(7-2)43-45-44(46(43)45)39(30-49-42-16-10-8-9-13-33(42)5)20-17-32(4)36-23-25-38(26-24-36)37-21-18-34(19-22-37)14-11-12-15-41(47)40-28-48-29-40/h25,27-28,32-37,39-46,49H,6-24,26,29-30,47H2,1-5H3/b31-27-/t32?,33?,34?,35?,36?,37?,39-,40?,41?,42?,43?,44?,45-,46?/m1/s1. The Balaban J connectivity index is 0.928. The molecule has 12 atom stereocenters. The summed E-state index contributed by atoms with van der Waals surface area (Å²) in [4.78, 5) is 4.23. The number of nitrogens with zero attached hydrogens (tertiary/aromatic N) is 1. The summed E-state index contributed by atoms with van der Waals surface area (Å²) in [6, 6.07) is 1.11. The molecule has 0 amide bonds. The number of allylic oxidation sites excluding steroid dienone is 4. The topological polar surface area (TPSA) is 50.4 Å². The van der Waals surface area contributed by atoms with Gasteiger partial charge in [0.05, 0.1) is 0 Å². The number of hydrogen-bond donors (Lipinski definition) is 2. The molecule has 0 aromatic heterocycles. The second kappa shape index (κ2) is 18.2. The molecule has 0 bridgehead atoms. The lowest BCUT2D eigenvalue weighted by Gasteiger charge is -2.35. The molecule has 3 heteroatoms. The van der Waals surface area contributed by atoms with Gasteiger partial charge in [0.15, 0.2) is 0 Å². The quantitative estimate of drug-likeness (QED) is 0.0814. The van der Waals surface area contributed by atoms with Crippen LogP contribution in [-0.4, -0.2) is 31.4 Å². The minimum absolute atomic E-state index is 0.351.